The van der Waals surface area contributed by atoms with E-state index in [-0.39, 0.29) is 12.5 Å². The summed E-state index contributed by atoms with van der Waals surface area (Å²) in [5.74, 6) is -1.46. The third kappa shape index (κ3) is 4.13. The second-order valence-electron chi connectivity index (χ2n) is 4.50. The predicted octanol–water partition coefficient (Wildman–Crippen LogP) is 2.53. The molecule has 110 valence electrons. The zero-order valence-electron chi connectivity index (χ0n) is 11.7. The van der Waals surface area contributed by atoms with Gasteiger partial charge in [-0.1, -0.05) is 18.5 Å². The highest BCUT2D eigenvalue weighted by Gasteiger charge is 2.21. The molecule has 1 aromatic carbocycles. The average molecular weight is 300 g/mol. The second-order valence-corrected chi connectivity index (χ2v) is 4.93. The number of carbonyl (C=O) groups is 2. The molecule has 0 fully saturated rings. The van der Waals surface area contributed by atoms with Crippen molar-refractivity contribution in [2.24, 2.45) is 5.92 Å². The zero-order chi connectivity index (χ0) is 15.3. The minimum Gasteiger partial charge on any atom is -0.493 e. The molecule has 6 heteroatoms. The van der Waals surface area contributed by atoms with Crippen LogP contribution in [0.3, 0.4) is 0 Å². The van der Waals surface area contributed by atoms with Crippen LogP contribution in [0.2, 0.25) is 5.02 Å². The number of hydrogen-bond acceptors (Lipinski definition) is 3. The number of ether oxygens (including phenoxy) is 1. The molecule has 1 amide bonds. The monoisotopic (exact) mass is 299 g/mol. The van der Waals surface area contributed by atoms with Crippen molar-refractivity contribution in [3.63, 3.8) is 0 Å². The summed E-state index contributed by atoms with van der Waals surface area (Å²) in [7, 11) is 1.56. The van der Waals surface area contributed by atoms with Gasteiger partial charge in [0.05, 0.1) is 18.1 Å². The van der Waals surface area contributed by atoms with Crippen LogP contribution >= 0.6 is 11.6 Å². The molecule has 0 aliphatic rings. The van der Waals surface area contributed by atoms with Gasteiger partial charge in [-0.05, 0) is 25.1 Å². The fraction of sp³-hybridized carbons (Fsp3) is 0.429. The average Bonchev–Trinajstić information content (AvgIpc) is 2.38. The van der Waals surface area contributed by atoms with Crippen LogP contribution in [0.5, 0.6) is 5.75 Å². The number of carbonyl (C=O) groups excluding carboxylic acids is 1. The summed E-state index contributed by atoms with van der Waals surface area (Å²) in [4.78, 5) is 24.5. The van der Waals surface area contributed by atoms with Crippen molar-refractivity contribution in [1.82, 2.24) is 4.90 Å². The zero-order valence-corrected chi connectivity index (χ0v) is 12.5. The van der Waals surface area contributed by atoms with Crippen LogP contribution in [0, 0.1) is 5.92 Å². The second kappa shape index (κ2) is 7.14. The lowest BCUT2D eigenvalue weighted by Crippen LogP contribution is -2.33. The van der Waals surface area contributed by atoms with Crippen LogP contribution in [0.25, 0.3) is 0 Å². The Morgan fingerprint density at radius 2 is 2.10 bits per heavy atom. The lowest BCUT2D eigenvalue weighted by Gasteiger charge is -2.21. The van der Waals surface area contributed by atoms with Crippen molar-refractivity contribution in [2.45, 2.75) is 13.8 Å². The summed E-state index contributed by atoms with van der Waals surface area (Å²) in [5.41, 5.74) is 0.372. The summed E-state index contributed by atoms with van der Waals surface area (Å²) < 4.78 is 5.39. The van der Waals surface area contributed by atoms with E-state index < -0.39 is 11.9 Å². The van der Waals surface area contributed by atoms with Gasteiger partial charge in [0.15, 0.2) is 0 Å². The van der Waals surface area contributed by atoms with Gasteiger partial charge in [0, 0.05) is 18.6 Å². The Bertz CT molecular complexity index is 504. The molecule has 1 rings (SSSR count). The molecule has 20 heavy (non-hydrogen) atoms. The number of hydrogen-bond donors (Lipinski definition) is 1. The maximum absolute atomic E-state index is 12.3. The minimum atomic E-state index is -0.939. The van der Waals surface area contributed by atoms with E-state index in [1.807, 2.05) is 6.92 Å². The number of nitrogens with zero attached hydrogens (tertiary/aromatic N) is 1. The Kier molecular flexibility index (Phi) is 5.82. The molecule has 5 nitrogen and oxygen atoms in total. The van der Waals surface area contributed by atoms with E-state index in [0.717, 1.165) is 0 Å². The third-order valence-electron chi connectivity index (χ3n) is 2.79. The first-order valence-electron chi connectivity index (χ1n) is 6.27. The van der Waals surface area contributed by atoms with E-state index in [0.29, 0.717) is 22.9 Å². The molecule has 1 N–H and O–H groups in total. The smallest absolute Gasteiger partial charge is 0.308 e. The van der Waals surface area contributed by atoms with E-state index in [2.05, 4.69) is 0 Å². The highest BCUT2D eigenvalue weighted by atomic mass is 35.5. The molecule has 1 atom stereocenters. The Morgan fingerprint density at radius 1 is 1.45 bits per heavy atom. The number of amides is 1. The largest absolute Gasteiger partial charge is 0.493 e. The lowest BCUT2D eigenvalue weighted by atomic mass is 10.1. The fourth-order valence-electron chi connectivity index (χ4n) is 1.73. The van der Waals surface area contributed by atoms with Gasteiger partial charge in [0.25, 0.3) is 5.91 Å². The normalized spacial score (nSPS) is 11.8. The molecule has 0 saturated carbocycles. The van der Waals surface area contributed by atoms with Gasteiger partial charge in [0.2, 0.25) is 0 Å². The number of carboxylic acid groups (broad SMARTS) is 1. The molecule has 0 aromatic heterocycles. The molecule has 0 spiro atoms. The Morgan fingerprint density at radius 3 is 2.65 bits per heavy atom. The van der Waals surface area contributed by atoms with Gasteiger partial charge in [0.1, 0.15) is 5.75 Å². The molecular weight excluding hydrogens is 282 g/mol. The summed E-state index contributed by atoms with van der Waals surface area (Å²) in [5, 5.41) is 9.36. The van der Waals surface area contributed by atoms with Crippen molar-refractivity contribution >= 4 is 23.5 Å². The first kappa shape index (κ1) is 16.3. The van der Waals surface area contributed by atoms with Crippen molar-refractivity contribution in [3.05, 3.63) is 28.8 Å². The molecule has 0 bridgehead atoms. The molecule has 1 unspecified atom stereocenters. The Balaban J connectivity index is 2.93. The summed E-state index contributed by atoms with van der Waals surface area (Å²) in [6.07, 6.45) is 0. The van der Waals surface area contributed by atoms with E-state index in [1.54, 1.807) is 32.2 Å². The van der Waals surface area contributed by atoms with Gasteiger partial charge in [-0.15, -0.1) is 0 Å². The van der Waals surface area contributed by atoms with Crippen molar-refractivity contribution < 1.29 is 19.4 Å². The standard InChI is InChI=1S/C14H18ClNO4/c1-4-20-12-7-10(15)5-6-11(12)13(17)16(3)8-9(2)14(18)19/h5-7,9H,4,8H2,1-3H3,(H,18,19). The molecule has 0 saturated heterocycles. The minimum absolute atomic E-state index is 0.127. The third-order valence-corrected chi connectivity index (χ3v) is 3.02. The number of halogens is 1. The van der Waals surface area contributed by atoms with Gasteiger partial charge in [-0.3, -0.25) is 9.59 Å². The number of rotatable bonds is 6. The highest BCUT2D eigenvalue weighted by Crippen LogP contribution is 2.24. The molecule has 1 aromatic rings. The van der Waals surface area contributed by atoms with Gasteiger partial charge >= 0.3 is 5.97 Å². The maximum atomic E-state index is 12.3. The number of aliphatic carboxylic acids is 1. The van der Waals surface area contributed by atoms with Gasteiger partial charge < -0.3 is 14.7 Å². The molecular formula is C14H18ClNO4. The fourth-order valence-corrected chi connectivity index (χ4v) is 1.89. The van der Waals surface area contributed by atoms with E-state index >= 15 is 0 Å². The number of benzene rings is 1. The van der Waals surface area contributed by atoms with Gasteiger partial charge in [-0.2, -0.15) is 0 Å². The van der Waals surface area contributed by atoms with E-state index in [9.17, 15) is 9.59 Å². The van der Waals surface area contributed by atoms with Crippen LogP contribution in [-0.4, -0.2) is 42.1 Å². The van der Waals surface area contributed by atoms with Crippen molar-refractivity contribution in [3.8, 4) is 5.75 Å². The van der Waals surface area contributed by atoms with E-state index in [4.69, 9.17) is 21.4 Å². The van der Waals surface area contributed by atoms with Crippen molar-refractivity contribution in [1.29, 1.82) is 0 Å². The molecule has 0 aliphatic carbocycles. The highest BCUT2D eigenvalue weighted by molar-refractivity contribution is 6.30. The lowest BCUT2D eigenvalue weighted by molar-refractivity contribution is -0.141. The maximum Gasteiger partial charge on any atom is 0.308 e. The molecule has 0 heterocycles. The summed E-state index contributed by atoms with van der Waals surface area (Å²) >= 11 is 5.88. The molecule has 0 radical (unpaired) electrons. The predicted molar refractivity (Wildman–Crippen MR) is 76.4 cm³/mol. The first-order valence-corrected chi connectivity index (χ1v) is 6.65. The van der Waals surface area contributed by atoms with Crippen LogP contribution < -0.4 is 4.74 Å². The number of carboxylic acids is 1. The van der Waals surface area contributed by atoms with Crippen LogP contribution in [0.4, 0.5) is 0 Å². The Labute approximate surface area is 123 Å². The molecule has 0 aliphatic heterocycles. The SMILES string of the molecule is CCOc1cc(Cl)ccc1C(=O)N(C)CC(C)C(=O)O. The van der Waals surface area contributed by atoms with E-state index in [1.165, 1.54) is 4.90 Å². The topological polar surface area (TPSA) is 66.8 Å². The summed E-state index contributed by atoms with van der Waals surface area (Å²) in [6.45, 7) is 3.90. The van der Waals surface area contributed by atoms with Gasteiger partial charge in [-0.25, -0.2) is 0 Å². The quantitative estimate of drug-likeness (QED) is 0.876. The van der Waals surface area contributed by atoms with Crippen LogP contribution in [-0.2, 0) is 4.79 Å². The van der Waals surface area contributed by atoms with Crippen LogP contribution in [0.1, 0.15) is 24.2 Å². The van der Waals surface area contributed by atoms with Crippen molar-refractivity contribution in [2.75, 3.05) is 20.2 Å². The Hall–Kier alpha value is -1.75. The van der Waals surface area contributed by atoms with Crippen LogP contribution in [0.15, 0.2) is 18.2 Å². The summed E-state index contributed by atoms with van der Waals surface area (Å²) in [6, 6.07) is 4.76. The first-order chi connectivity index (χ1) is 9.36.